The van der Waals surface area contributed by atoms with Gasteiger partial charge < -0.3 is 30.9 Å². The minimum atomic E-state index is -1.20. The summed E-state index contributed by atoms with van der Waals surface area (Å²) in [6.45, 7) is 5.63. The van der Waals surface area contributed by atoms with Gasteiger partial charge in [-0.2, -0.15) is 0 Å². The highest BCUT2D eigenvalue weighted by Gasteiger charge is 2.30. The lowest BCUT2D eigenvalue weighted by molar-refractivity contribution is -0.138. The van der Waals surface area contributed by atoms with E-state index in [-0.39, 0.29) is 19.3 Å². The van der Waals surface area contributed by atoms with Crippen molar-refractivity contribution >= 4 is 35.2 Å². The molecule has 0 spiro atoms. The Morgan fingerprint density at radius 2 is 1.85 bits per heavy atom. The molecule has 3 amide bonds. The van der Waals surface area contributed by atoms with E-state index in [9.17, 15) is 24.3 Å². The highest BCUT2D eigenvalue weighted by Crippen LogP contribution is 2.28. The third-order valence-electron chi connectivity index (χ3n) is 6.65. The number of nitrogens with one attached hydrogen (secondary N) is 3. The topological polar surface area (TPSA) is 154 Å². The molecule has 0 aromatic carbocycles. The standard InChI is InChI=1S/C28H45N3O7S/c1-28(2,3)38-27(37)31-22(17-19-9-5-4-6-10-19)23(32)18-24(33)30-21(13-14-25(34)35)26(36)29-15-7-11-20-12-8-16-39-20/h8,12,16,19,21-23,32H,4-7,9-11,13-15,17-18H2,1-3H3,(H,29,36)(H,30,33)(H,31,37)(H,34,35)/t21-,22-,23-/m0/s1. The maximum absolute atomic E-state index is 12.9. The van der Waals surface area contributed by atoms with Gasteiger partial charge in [-0.3, -0.25) is 14.4 Å². The van der Waals surface area contributed by atoms with Crippen LogP contribution in [-0.2, 0) is 25.5 Å². The molecule has 1 saturated carbocycles. The van der Waals surface area contributed by atoms with Crippen LogP contribution in [0.3, 0.4) is 0 Å². The molecule has 11 heteroatoms. The molecule has 39 heavy (non-hydrogen) atoms. The highest BCUT2D eigenvalue weighted by molar-refractivity contribution is 7.09. The molecule has 2 rings (SSSR count). The second-order valence-corrected chi connectivity index (χ2v) is 12.3. The molecule has 3 atom stereocenters. The Balaban J connectivity index is 1.96. The monoisotopic (exact) mass is 567 g/mol. The maximum atomic E-state index is 12.9. The number of alkyl carbamates (subject to hydrolysis) is 1. The number of amides is 3. The lowest BCUT2D eigenvalue weighted by atomic mass is 9.83. The summed E-state index contributed by atoms with van der Waals surface area (Å²) < 4.78 is 5.36. The Morgan fingerprint density at radius 1 is 1.13 bits per heavy atom. The predicted octanol–water partition coefficient (Wildman–Crippen LogP) is 3.76. The number of aliphatic hydroxyl groups excluding tert-OH is 1. The second kappa shape index (κ2) is 16.4. The van der Waals surface area contributed by atoms with Gasteiger partial charge in [0.1, 0.15) is 11.6 Å². The molecule has 0 saturated heterocycles. The molecule has 1 aliphatic carbocycles. The zero-order chi connectivity index (χ0) is 28.8. The molecule has 220 valence electrons. The summed E-state index contributed by atoms with van der Waals surface area (Å²) in [6.07, 6.45) is 4.80. The van der Waals surface area contributed by atoms with Crippen LogP contribution in [0.1, 0.15) is 89.9 Å². The summed E-state index contributed by atoms with van der Waals surface area (Å²) >= 11 is 1.64. The van der Waals surface area contributed by atoms with Crippen molar-refractivity contribution in [3.63, 3.8) is 0 Å². The van der Waals surface area contributed by atoms with E-state index in [1.165, 1.54) is 11.3 Å². The first-order valence-corrected chi connectivity index (χ1v) is 14.8. The maximum Gasteiger partial charge on any atom is 0.407 e. The van der Waals surface area contributed by atoms with E-state index in [0.717, 1.165) is 32.1 Å². The molecule has 1 aromatic rings. The van der Waals surface area contributed by atoms with Crippen molar-refractivity contribution in [1.82, 2.24) is 16.0 Å². The number of thiophene rings is 1. The van der Waals surface area contributed by atoms with Crippen LogP contribution in [0.4, 0.5) is 4.79 Å². The van der Waals surface area contributed by atoms with Crippen molar-refractivity contribution in [2.45, 2.75) is 115 Å². The Labute approximate surface area is 235 Å². The number of aryl methyl sites for hydroxylation is 1. The molecular weight excluding hydrogens is 522 g/mol. The first kappa shape index (κ1) is 32.6. The number of hydrogen-bond donors (Lipinski definition) is 5. The van der Waals surface area contributed by atoms with E-state index in [0.29, 0.717) is 25.3 Å². The molecule has 1 fully saturated rings. The van der Waals surface area contributed by atoms with Crippen molar-refractivity contribution in [2.75, 3.05) is 6.54 Å². The molecule has 10 nitrogen and oxygen atoms in total. The molecule has 1 heterocycles. The van der Waals surface area contributed by atoms with Crippen molar-refractivity contribution < 1.29 is 34.1 Å². The van der Waals surface area contributed by atoms with Crippen LogP contribution in [0.15, 0.2) is 17.5 Å². The van der Waals surface area contributed by atoms with Crippen molar-refractivity contribution in [3.8, 4) is 0 Å². The Kier molecular flexibility index (Phi) is 13.7. The van der Waals surface area contributed by atoms with Crippen LogP contribution in [0.25, 0.3) is 0 Å². The Morgan fingerprint density at radius 3 is 2.46 bits per heavy atom. The number of aliphatic hydroxyl groups is 1. The van der Waals surface area contributed by atoms with E-state index in [1.54, 1.807) is 32.1 Å². The largest absolute Gasteiger partial charge is 0.481 e. The molecular formula is C28H45N3O7S. The van der Waals surface area contributed by atoms with Crippen molar-refractivity contribution in [1.29, 1.82) is 0 Å². The molecule has 1 aliphatic rings. The van der Waals surface area contributed by atoms with Crippen LogP contribution in [0.5, 0.6) is 0 Å². The number of aliphatic carboxylic acids is 1. The average molecular weight is 568 g/mol. The number of carboxylic acid groups (broad SMARTS) is 1. The van der Waals surface area contributed by atoms with Gasteiger partial charge in [0, 0.05) is 17.8 Å². The molecule has 5 N–H and O–H groups in total. The van der Waals surface area contributed by atoms with E-state index >= 15 is 0 Å². The number of carboxylic acids is 1. The van der Waals surface area contributed by atoms with Gasteiger partial charge in [0.05, 0.1) is 18.6 Å². The quantitative estimate of drug-likeness (QED) is 0.202. The average Bonchev–Trinajstić information content (AvgIpc) is 3.37. The Hall–Kier alpha value is -2.66. The molecule has 1 aromatic heterocycles. The van der Waals surface area contributed by atoms with E-state index in [1.807, 2.05) is 17.5 Å². The number of rotatable bonds is 15. The van der Waals surface area contributed by atoms with Crippen LogP contribution in [0, 0.1) is 5.92 Å². The van der Waals surface area contributed by atoms with Gasteiger partial charge in [0.2, 0.25) is 11.8 Å². The Bertz CT molecular complexity index is 911. The van der Waals surface area contributed by atoms with Crippen molar-refractivity contribution in [2.24, 2.45) is 5.92 Å². The molecule has 0 radical (unpaired) electrons. The third kappa shape index (κ3) is 13.8. The van der Waals surface area contributed by atoms with Gasteiger partial charge in [-0.15, -0.1) is 11.3 Å². The fraction of sp³-hybridized carbons (Fsp3) is 0.714. The molecule has 0 aliphatic heterocycles. The van der Waals surface area contributed by atoms with Gasteiger partial charge in [-0.05, 0) is 63.8 Å². The van der Waals surface area contributed by atoms with Gasteiger partial charge >= 0.3 is 12.1 Å². The number of ether oxygens (including phenoxy) is 1. The SMILES string of the molecule is CC(C)(C)OC(=O)N[C@@H](CC1CCCCC1)[C@@H](O)CC(=O)N[C@@H](CCC(=O)O)C(=O)NCCCc1cccs1. The zero-order valence-corrected chi connectivity index (χ0v) is 24.2. The van der Waals surface area contributed by atoms with Gasteiger partial charge in [0.25, 0.3) is 0 Å². The summed E-state index contributed by atoms with van der Waals surface area (Å²) in [7, 11) is 0. The van der Waals surface area contributed by atoms with Crippen LogP contribution < -0.4 is 16.0 Å². The van der Waals surface area contributed by atoms with Crippen LogP contribution in [0.2, 0.25) is 0 Å². The summed E-state index contributed by atoms with van der Waals surface area (Å²) in [5.41, 5.74) is -0.712. The minimum absolute atomic E-state index is 0.0738. The summed E-state index contributed by atoms with van der Waals surface area (Å²) in [5, 5.41) is 30.2. The normalized spacial score (nSPS) is 16.5. The molecule has 0 bridgehead atoms. The first-order valence-electron chi connectivity index (χ1n) is 13.9. The number of carbonyl (C=O) groups is 4. The summed E-state index contributed by atoms with van der Waals surface area (Å²) in [4.78, 5) is 50.4. The van der Waals surface area contributed by atoms with E-state index in [4.69, 9.17) is 9.84 Å². The van der Waals surface area contributed by atoms with Gasteiger partial charge in [0.15, 0.2) is 0 Å². The lowest BCUT2D eigenvalue weighted by Crippen LogP contribution is -2.50. The van der Waals surface area contributed by atoms with Crippen molar-refractivity contribution in [3.05, 3.63) is 22.4 Å². The first-order chi connectivity index (χ1) is 18.4. The zero-order valence-electron chi connectivity index (χ0n) is 23.4. The number of hydrogen-bond acceptors (Lipinski definition) is 7. The predicted molar refractivity (Wildman–Crippen MR) is 149 cm³/mol. The van der Waals surface area contributed by atoms with Gasteiger partial charge in [-0.25, -0.2) is 4.79 Å². The summed E-state index contributed by atoms with van der Waals surface area (Å²) in [6, 6.07) is 2.25. The van der Waals surface area contributed by atoms with Gasteiger partial charge in [-0.1, -0.05) is 38.2 Å². The fourth-order valence-corrected chi connectivity index (χ4v) is 5.48. The van der Waals surface area contributed by atoms with Crippen LogP contribution in [-0.4, -0.2) is 64.4 Å². The smallest absolute Gasteiger partial charge is 0.407 e. The van der Waals surface area contributed by atoms with E-state index < -0.39 is 47.7 Å². The third-order valence-corrected chi connectivity index (χ3v) is 7.59. The lowest BCUT2D eigenvalue weighted by Gasteiger charge is -2.31. The van der Waals surface area contributed by atoms with E-state index in [2.05, 4.69) is 16.0 Å². The second-order valence-electron chi connectivity index (χ2n) is 11.3. The molecule has 0 unspecified atom stereocenters. The number of carbonyl (C=O) groups excluding carboxylic acids is 3. The highest BCUT2D eigenvalue weighted by atomic mass is 32.1. The van der Waals surface area contributed by atoms with Crippen LogP contribution >= 0.6 is 11.3 Å². The minimum Gasteiger partial charge on any atom is -0.481 e. The summed E-state index contributed by atoms with van der Waals surface area (Å²) in [5.74, 6) is -1.81. The fourth-order valence-electron chi connectivity index (χ4n) is 4.73.